The number of carbonyl (C=O) groups is 2. The fraction of sp³-hybridized carbons (Fsp3) is 0.615. The maximum absolute atomic E-state index is 12.5. The van der Waals surface area contributed by atoms with Gasteiger partial charge in [0, 0.05) is 50.2 Å². The van der Waals surface area contributed by atoms with Crippen molar-refractivity contribution < 1.29 is 14.3 Å². The molecule has 0 bridgehead atoms. The van der Waals surface area contributed by atoms with E-state index in [1.165, 1.54) is 0 Å². The molecule has 0 spiro atoms. The van der Waals surface area contributed by atoms with Crippen molar-refractivity contribution >= 4 is 22.7 Å². The van der Waals surface area contributed by atoms with Crippen molar-refractivity contribution in [3.05, 3.63) is 29.5 Å². The lowest BCUT2D eigenvalue weighted by Crippen LogP contribution is -2.27. The number of benzene rings is 1. The third-order valence-corrected chi connectivity index (χ3v) is 6.33. The summed E-state index contributed by atoms with van der Waals surface area (Å²) in [5.74, 6) is 1.12. The van der Waals surface area contributed by atoms with Crippen molar-refractivity contribution in [2.45, 2.75) is 71.6 Å². The topological polar surface area (TPSA) is 63.6 Å². The zero-order chi connectivity index (χ0) is 23.5. The molecule has 2 amide bonds. The van der Waals surface area contributed by atoms with Gasteiger partial charge in [-0.15, -0.1) is 0 Å². The number of hydrogen-bond donors (Lipinski definition) is 1. The molecule has 0 radical (unpaired) electrons. The van der Waals surface area contributed by atoms with E-state index in [9.17, 15) is 9.59 Å². The molecular formula is C26H41N3O3. The van der Waals surface area contributed by atoms with Gasteiger partial charge in [0.15, 0.2) is 0 Å². The minimum absolute atomic E-state index is 0.0594. The Balaban J connectivity index is 1.66. The minimum Gasteiger partial charge on any atom is -0.497 e. The van der Waals surface area contributed by atoms with Crippen LogP contribution in [0.5, 0.6) is 5.75 Å². The molecule has 0 unspecified atom stereocenters. The average molecular weight is 444 g/mol. The molecule has 2 rings (SSSR count). The molecule has 1 aromatic carbocycles. The van der Waals surface area contributed by atoms with Gasteiger partial charge in [0.25, 0.3) is 0 Å². The van der Waals surface area contributed by atoms with Crippen molar-refractivity contribution in [1.29, 1.82) is 0 Å². The van der Waals surface area contributed by atoms with Gasteiger partial charge in [0.2, 0.25) is 11.8 Å². The molecule has 2 aromatic rings. The normalized spacial score (nSPS) is 11.0. The number of unbranched alkanes of at least 4 members (excludes halogenated alkanes) is 5. The lowest BCUT2D eigenvalue weighted by Gasteiger charge is -2.16. The van der Waals surface area contributed by atoms with E-state index in [0.29, 0.717) is 19.4 Å². The predicted molar refractivity (Wildman–Crippen MR) is 131 cm³/mol. The molecule has 1 N–H and O–H groups in total. The summed E-state index contributed by atoms with van der Waals surface area (Å²) in [6.07, 6.45) is 8.37. The second-order valence-corrected chi connectivity index (χ2v) is 8.72. The second-order valence-electron chi connectivity index (χ2n) is 8.72. The Labute approximate surface area is 193 Å². The zero-order valence-electron chi connectivity index (χ0n) is 20.6. The van der Waals surface area contributed by atoms with Gasteiger partial charge in [-0.05, 0) is 49.9 Å². The maximum Gasteiger partial charge on any atom is 0.224 e. The van der Waals surface area contributed by atoms with Crippen LogP contribution >= 0.6 is 0 Å². The highest BCUT2D eigenvalue weighted by atomic mass is 16.5. The first kappa shape index (κ1) is 25.8. The van der Waals surface area contributed by atoms with E-state index in [2.05, 4.69) is 23.7 Å². The molecule has 6 nitrogen and oxygen atoms in total. The number of aryl methyl sites for hydroxylation is 1. The van der Waals surface area contributed by atoms with Crippen molar-refractivity contribution in [3.8, 4) is 5.75 Å². The Morgan fingerprint density at radius 3 is 2.53 bits per heavy atom. The van der Waals surface area contributed by atoms with Crippen LogP contribution in [0.1, 0.15) is 69.5 Å². The van der Waals surface area contributed by atoms with E-state index < -0.39 is 0 Å². The highest BCUT2D eigenvalue weighted by Gasteiger charge is 2.15. The van der Waals surface area contributed by atoms with Crippen molar-refractivity contribution in [1.82, 2.24) is 14.8 Å². The van der Waals surface area contributed by atoms with Crippen LogP contribution in [0.4, 0.5) is 0 Å². The maximum atomic E-state index is 12.5. The lowest BCUT2D eigenvalue weighted by atomic mass is 10.1. The van der Waals surface area contributed by atoms with Gasteiger partial charge >= 0.3 is 0 Å². The standard InChI is InChI=1S/C26H41N3O3/c1-6-7-17-28(3)26(31)13-11-9-8-10-12-16-27-25(30)19-22-20(2)29(4)24-15-14-21(32-5)18-23(22)24/h14-15,18H,6-13,16-17,19H2,1-5H3,(H,27,30). The molecule has 0 aliphatic heterocycles. The molecule has 0 saturated heterocycles. The second kappa shape index (κ2) is 13.1. The van der Waals surface area contributed by atoms with Gasteiger partial charge in [-0.3, -0.25) is 9.59 Å². The van der Waals surface area contributed by atoms with Crippen LogP contribution in [0.15, 0.2) is 18.2 Å². The number of hydrogen-bond acceptors (Lipinski definition) is 3. The van der Waals surface area contributed by atoms with E-state index >= 15 is 0 Å². The fourth-order valence-corrected chi connectivity index (χ4v) is 4.07. The van der Waals surface area contributed by atoms with Gasteiger partial charge < -0.3 is 19.5 Å². The summed E-state index contributed by atoms with van der Waals surface area (Å²) in [6.45, 7) is 5.76. The van der Waals surface area contributed by atoms with Crippen LogP contribution in [-0.2, 0) is 23.1 Å². The average Bonchev–Trinajstić information content (AvgIpc) is 3.02. The molecule has 0 saturated carbocycles. The summed E-state index contributed by atoms with van der Waals surface area (Å²) in [6, 6.07) is 6.00. The van der Waals surface area contributed by atoms with Crippen LogP contribution < -0.4 is 10.1 Å². The summed E-state index contributed by atoms with van der Waals surface area (Å²) >= 11 is 0. The molecule has 32 heavy (non-hydrogen) atoms. The third-order valence-electron chi connectivity index (χ3n) is 6.33. The Kier molecular flexibility index (Phi) is 10.6. The van der Waals surface area contributed by atoms with Crippen molar-refractivity contribution in [2.24, 2.45) is 7.05 Å². The first-order valence-electron chi connectivity index (χ1n) is 12.0. The summed E-state index contributed by atoms with van der Waals surface area (Å²) in [5.41, 5.74) is 3.28. The van der Waals surface area contributed by atoms with Crippen LogP contribution in [0.2, 0.25) is 0 Å². The summed E-state index contributed by atoms with van der Waals surface area (Å²) < 4.78 is 7.49. The summed E-state index contributed by atoms with van der Waals surface area (Å²) in [5, 5.41) is 4.14. The molecule has 0 aliphatic rings. The molecular weight excluding hydrogens is 402 g/mol. The van der Waals surface area contributed by atoms with Crippen molar-refractivity contribution in [2.75, 3.05) is 27.2 Å². The first-order valence-corrected chi connectivity index (χ1v) is 12.0. The van der Waals surface area contributed by atoms with Crippen LogP contribution in [0.3, 0.4) is 0 Å². The monoisotopic (exact) mass is 443 g/mol. The predicted octanol–water partition coefficient (Wildman–Crippen LogP) is 4.75. The van der Waals surface area contributed by atoms with Gasteiger partial charge in [0.1, 0.15) is 5.75 Å². The smallest absolute Gasteiger partial charge is 0.224 e. The number of ether oxygens (including phenoxy) is 1. The number of rotatable bonds is 14. The first-order chi connectivity index (χ1) is 15.4. The number of nitrogens with zero attached hydrogens (tertiary/aromatic N) is 2. The third kappa shape index (κ3) is 7.28. The zero-order valence-corrected chi connectivity index (χ0v) is 20.6. The highest BCUT2D eigenvalue weighted by molar-refractivity contribution is 5.91. The molecule has 0 atom stereocenters. The minimum atomic E-state index is 0.0594. The Morgan fingerprint density at radius 1 is 1.09 bits per heavy atom. The van der Waals surface area contributed by atoms with E-state index in [1.54, 1.807) is 7.11 Å². The van der Waals surface area contributed by atoms with Crippen LogP contribution in [-0.4, -0.2) is 48.5 Å². The summed E-state index contributed by atoms with van der Waals surface area (Å²) in [4.78, 5) is 26.4. The molecule has 1 aromatic heterocycles. The van der Waals surface area contributed by atoms with Gasteiger partial charge in [-0.25, -0.2) is 0 Å². The molecule has 1 heterocycles. The Morgan fingerprint density at radius 2 is 1.81 bits per heavy atom. The number of carbonyl (C=O) groups excluding carboxylic acids is 2. The van der Waals surface area contributed by atoms with Crippen molar-refractivity contribution in [3.63, 3.8) is 0 Å². The van der Waals surface area contributed by atoms with Gasteiger partial charge in [-0.1, -0.05) is 32.6 Å². The largest absolute Gasteiger partial charge is 0.497 e. The fourth-order valence-electron chi connectivity index (χ4n) is 4.07. The molecule has 6 heteroatoms. The van der Waals surface area contributed by atoms with E-state index in [-0.39, 0.29) is 11.8 Å². The van der Waals surface area contributed by atoms with E-state index in [4.69, 9.17) is 4.74 Å². The Bertz CT molecular complexity index is 888. The van der Waals surface area contributed by atoms with Gasteiger partial charge in [0.05, 0.1) is 13.5 Å². The quantitative estimate of drug-likeness (QED) is 0.429. The van der Waals surface area contributed by atoms with Gasteiger partial charge in [-0.2, -0.15) is 0 Å². The molecule has 0 aliphatic carbocycles. The number of aromatic nitrogens is 1. The van der Waals surface area contributed by atoms with E-state index in [0.717, 1.165) is 79.4 Å². The summed E-state index contributed by atoms with van der Waals surface area (Å²) in [7, 11) is 5.59. The number of methoxy groups -OCH3 is 1. The highest BCUT2D eigenvalue weighted by Crippen LogP contribution is 2.29. The van der Waals surface area contributed by atoms with E-state index in [1.807, 2.05) is 37.2 Å². The lowest BCUT2D eigenvalue weighted by molar-refractivity contribution is -0.130. The SMILES string of the molecule is CCCCN(C)C(=O)CCCCCCCNC(=O)Cc1c(C)n(C)c2ccc(OC)cc12. The number of fused-ring (bicyclic) bond motifs is 1. The van der Waals surface area contributed by atoms with Crippen LogP contribution in [0, 0.1) is 6.92 Å². The molecule has 0 fully saturated rings. The number of amides is 2. The number of nitrogens with one attached hydrogen (secondary N) is 1. The molecule has 178 valence electrons. The Hall–Kier alpha value is -2.50. The van der Waals surface area contributed by atoms with Crippen LogP contribution in [0.25, 0.3) is 10.9 Å².